The van der Waals surface area contributed by atoms with Crippen molar-refractivity contribution in [2.45, 2.75) is 0 Å². The lowest BCUT2D eigenvalue weighted by Gasteiger charge is -2.10. The Balaban J connectivity index is 2.05. The van der Waals surface area contributed by atoms with E-state index in [2.05, 4.69) is 10.6 Å². The van der Waals surface area contributed by atoms with Crippen LogP contribution in [0.3, 0.4) is 0 Å². The maximum atomic E-state index is 11.9. The van der Waals surface area contributed by atoms with Crippen LogP contribution in [-0.4, -0.2) is 13.1 Å². The molecule has 2 rings (SSSR count). The maximum absolute atomic E-state index is 11.9. The van der Waals surface area contributed by atoms with Gasteiger partial charge in [0, 0.05) is 5.69 Å². The number of amides is 2. The van der Waals surface area contributed by atoms with Crippen molar-refractivity contribution in [2.75, 3.05) is 17.7 Å². The third-order valence-electron chi connectivity index (χ3n) is 2.55. The summed E-state index contributed by atoms with van der Waals surface area (Å²) >= 11 is 11.9. The zero-order valence-electron chi connectivity index (χ0n) is 10.6. The quantitative estimate of drug-likeness (QED) is 0.867. The molecule has 0 saturated heterocycles. The summed E-state index contributed by atoms with van der Waals surface area (Å²) < 4.78 is 5.04. The van der Waals surface area contributed by atoms with E-state index in [4.69, 9.17) is 27.9 Å². The predicted octanol–water partition coefficient (Wildman–Crippen LogP) is 4.65. The second-order valence-electron chi connectivity index (χ2n) is 3.90. The third-order valence-corrected chi connectivity index (χ3v) is 3.18. The van der Waals surface area contributed by atoms with Gasteiger partial charge in [0.25, 0.3) is 0 Å². The Hall–Kier alpha value is -1.91. The first kappa shape index (κ1) is 14.5. The highest BCUT2D eigenvalue weighted by Gasteiger charge is 2.09. The molecule has 0 aromatic heterocycles. The van der Waals surface area contributed by atoms with Crippen LogP contribution in [0.1, 0.15) is 0 Å². The van der Waals surface area contributed by atoms with E-state index in [1.54, 1.807) is 49.6 Å². The first-order valence-electron chi connectivity index (χ1n) is 5.76. The molecule has 0 unspecified atom stereocenters. The molecule has 0 spiro atoms. The van der Waals surface area contributed by atoms with Gasteiger partial charge in [-0.25, -0.2) is 4.79 Å². The Morgan fingerprint density at radius 1 is 1.00 bits per heavy atom. The molecule has 0 heterocycles. The van der Waals surface area contributed by atoms with E-state index >= 15 is 0 Å². The molecule has 2 aromatic carbocycles. The molecule has 6 heteroatoms. The molecule has 0 atom stereocenters. The number of hydrogen-bond acceptors (Lipinski definition) is 2. The molecule has 104 valence electrons. The highest BCUT2D eigenvalue weighted by Crippen LogP contribution is 2.29. The summed E-state index contributed by atoms with van der Waals surface area (Å²) in [7, 11) is 1.58. The number of benzene rings is 2. The van der Waals surface area contributed by atoms with Crippen LogP contribution in [0, 0.1) is 0 Å². The Morgan fingerprint density at radius 2 is 1.60 bits per heavy atom. The van der Waals surface area contributed by atoms with Crippen LogP contribution in [0.5, 0.6) is 5.75 Å². The molecular formula is C14H12Cl2N2O2. The number of carbonyl (C=O) groups excluding carboxylic acids is 1. The maximum Gasteiger partial charge on any atom is 0.323 e. The zero-order valence-corrected chi connectivity index (χ0v) is 12.1. The number of nitrogens with one attached hydrogen (secondary N) is 2. The van der Waals surface area contributed by atoms with Crippen molar-refractivity contribution in [3.8, 4) is 5.75 Å². The van der Waals surface area contributed by atoms with Crippen LogP contribution < -0.4 is 15.4 Å². The molecule has 4 nitrogen and oxygen atoms in total. The summed E-state index contributed by atoms with van der Waals surface area (Å²) in [5.41, 5.74) is 1.01. The minimum atomic E-state index is -0.426. The average molecular weight is 311 g/mol. The van der Waals surface area contributed by atoms with Gasteiger partial charge in [-0.05, 0) is 36.4 Å². The van der Waals surface area contributed by atoms with E-state index in [1.807, 2.05) is 0 Å². The van der Waals surface area contributed by atoms with Gasteiger partial charge < -0.3 is 15.4 Å². The fraction of sp³-hybridized carbons (Fsp3) is 0.0714. The molecule has 0 fully saturated rings. The second kappa shape index (κ2) is 6.50. The van der Waals surface area contributed by atoms with Gasteiger partial charge in [0.1, 0.15) is 5.75 Å². The van der Waals surface area contributed by atoms with Crippen molar-refractivity contribution in [3.63, 3.8) is 0 Å². The Kier molecular flexibility index (Phi) is 4.71. The molecule has 20 heavy (non-hydrogen) atoms. The summed E-state index contributed by atoms with van der Waals surface area (Å²) in [4.78, 5) is 11.9. The Morgan fingerprint density at radius 3 is 2.15 bits per heavy atom. The summed E-state index contributed by atoms with van der Waals surface area (Å²) in [6.07, 6.45) is 0. The third kappa shape index (κ3) is 3.56. The summed E-state index contributed by atoms with van der Waals surface area (Å²) in [5.74, 6) is 0.713. The number of ether oxygens (including phenoxy) is 1. The highest BCUT2D eigenvalue weighted by atomic mass is 35.5. The lowest BCUT2D eigenvalue weighted by Crippen LogP contribution is -2.19. The van der Waals surface area contributed by atoms with E-state index in [0.29, 0.717) is 27.2 Å². The first-order chi connectivity index (χ1) is 9.60. The molecule has 2 N–H and O–H groups in total. The van der Waals surface area contributed by atoms with Crippen molar-refractivity contribution in [2.24, 2.45) is 0 Å². The second-order valence-corrected chi connectivity index (χ2v) is 4.72. The van der Waals surface area contributed by atoms with Gasteiger partial charge in [0.05, 0.1) is 22.8 Å². The van der Waals surface area contributed by atoms with Crippen molar-refractivity contribution >= 4 is 40.6 Å². The number of carbonyl (C=O) groups is 1. The lowest BCUT2D eigenvalue weighted by molar-refractivity contribution is 0.262. The number of rotatable bonds is 3. The SMILES string of the molecule is COc1ccc(NC(=O)Nc2c(Cl)cccc2Cl)cc1. The fourth-order valence-electron chi connectivity index (χ4n) is 1.57. The van der Waals surface area contributed by atoms with E-state index in [-0.39, 0.29) is 0 Å². The first-order valence-corrected chi connectivity index (χ1v) is 6.52. The molecule has 2 amide bonds. The summed E-state index contributed by atoms with van der Waals surface area (Å²) in [5, 5.41) is 6.04. The Bertz CT molecular complexity index is 595. The number of anilines is 2. The topological polar surface area (TPSA) is 50.4 Å². The normalized spacial score (nSPS) is 9.95. The van der Waals surface area contributed by atoms with Crippen molar-refractivity contribution in [3.05, 3.63) is 52.5 Å². The smallest absolute Gasteiger partial charge is 0.323 e. The van der Waals surface area contributed by atoms with Crippen molar-refractivity contribution in [1.82, 2.24) is 0 Å². The molecule has 0 aliphatic carbocycles. The Labute approximate surface area is 126 Å². The molecule has 0 radical (unpaired) electrons. The monoisotopic (exact) mass is 310 g/mol. The minimum absolute atomic E-state index is 0.377. The van der Waals surface area contributed by atoms with Gasteiger partial charge >= 0.3 is 6.03 Å². The molecule has 0 bridgehead atoms. The van der Waals surface area contributed by atoms with Crippen LogP contribution in [0.2, 0.25) is 10.0 Å². The largest absolute Gasteiger partial charge is 0.497 e. The van der Waals surface area contributed by atoms with Gasteiger partial charge in [-0.1, -0.05) is 29.3 Å². The van der Waals surface area contributed by atoms with Crippen LogP contribution >= 0.6 is 23.2 Å². The zero-order chi connectivity index (χ0) is 14.5. The van der Waals surface area contributed by atoms with Crippen LogP contribution in [0.25, 0.3) is 0 Å². The molecule has 0 aliphatic heterocycles. The minimum Gasteiger partial charge on any atom is -0.497 e. The van der Waals surface area contributed by atoms with Crippen molar-refractivity contribution < 1.29 is 9.53 Å². The van der Waals surface area contributed by atoms with Crippen LogP contribution in [0.15, 0.2) is 42.5 Å². The summed E-state index contributed by atoms with van der Waals surface area (Å²) in [6.45, 7) is 0. The number of urea groups is 1. The van der Waals surface area contributed by atoms with E-state index in [0.717, 1.165) is 0 Å². The molecule has 0 aliphatic rings. The van der Waals surface area contributed by atoms with E-state index in [1.165, 1.54) is 0 Å². The fourth-order valence-corrected chi connectivity index (χ4v) is 2.06. The molecule has 0 saturated carbocycles. The van der Waals surface area contributed by atoms with Crippen LogP contribution in [0.4, 0.5) is 16.2 Å². The van der Waals surface area contributed by atoms with Gasteiger partial charge in [-0.15, -0.1) is 0 Å². The molecular weight excluding hydrogens is 299 g/mol. The lowest BCUT2D eigenvalue weighted by atomic mass is 10.3. The van der Waals surface area contributed by atoms with Gasteiger partial charge in [-0.3, -0.25) is 0 Å². The number of para-hydroxylation sites is 1. The number of methoxy groups -OCH3 is 1. The predicted molar refractivity (Wildman–Crippen MR) is 82.1 cm³/mol. The van der Waals surface area contributed by atoms with Gasteiger partial charge in [0.2, 0.25) is 0 Å². The van der Waals surface area contributed by atoms with Crippen LogP contribution in [-0.2, 0) is 0 Å². The van der Waals surface area contributed by atoms with Gasteiger partial charge in [0.15, 0.2) is 0 Å². The van der Waals surface area contributed by atoms with Gasteiger partial charge in [-0.2, -0.15) is 0 Å². The summed E-state index contributed by atoms with van der Waals surface area (Å²) in [6, 6.07) is 11.5. The number of halogens is 2. The highest BCUT2D eigenvalue weighted by molar-refractivity contribution is 6.39. The molecule has 2 aromatic rings. The van der Waals surface area contributed by atoms with E-state index in [9.17, 15) is 4.79 Å². The average Bonchev–Trinajstić information content (AvgIpc) is 2.44. The van der Waals surface area contributed by atoms with E-state index < -0.39 is 6.03 Å². The number of hydrogen-bond donors (Lipinski definition) is 2. The van der Waals surface area contributed by atoms with Crippen molar-refractivity contribution in [1.29, 1.82) is 0 Å². The standard InChI is InChI=1S/C14H12Cl2N2O2/c1-20-10-7-5-9(6-8-10)17-14(19)18-13-11(15)3-2-4-12(13)16/h2-8H,1H3,(H2,17,18,19).